The molecule has 2 saturated heterocycles. The van der Waals surface area contributed by atoms with Crippen molar-refractivity contribution in [3.05, 3.63) is 52.8 Å². The fourth-order valence-electron chi connectivity index (χ4n) is 6.01. The Morgan fingerprint density at radius 3 is 2.00 bits per heavy atom. The third kappa shape index (κ3) is 8.96. The number of rotatable bonds is 5. The van der Waals surface area contributed by atoms with Crippen LogP contribution < -0.4 is 0 Å². The van der Waals surface area contributed by atoms with E-state index in [-0.39, 0.29) is 11.3 Å². The second kappa shape index (κ2) is 13.6. The van der Waals surface area contributed by atoms with E-state index in [1.807, 2.05) is 17.9 Å². The van der Waals surface area contributed by atoms with Gasteiger partial charge in [-0.3, -0.25) is 14.4 Å². The fourth-order valence-corrected chi connectivity index (χ4v) is 6.01. The van der Waals surface area contributed by atoms with Crippen LogP contribution in [0.15, 0.2) is 30.5 Å². The molecule has 3 fully saturated rings. The van der Waals surface area contributed by atoms with Crippen molar-refractivity contribution >= 4 is 17.8 Å². The van der Waals surface area contributed by atoms with Crippen LogP contribution in [0.5, 0.6) is 0 Å². The molecule has 2 atom stereocenters. The van der Waals surface area contributed by atoms with Gasteiger partial charge in [-0.15, -0.1) is 0 Å². The van der Waals surface area contributed by atoms with E-state index in [4.69, 9.17) is 19.8 Å². The summed E-state index contributed by atoms with van der Waals surface area (Å²) in [5.41, 5.74) is 4.88. The van der Waals surface area contributed by atoms with Gasteiger partial charge in [0.05, 0.1) is 5.41 Å². The minimum absolute atomic E-state index is 0.213. The largest absolute Gasteiger partial charge is 0.490 e. The Morgan fingerprint density at radius 2 is 1.55 bits per heavy atom. The van der Waals surface area contributed by atoms with Gasteiger partial charge in [0.1, 0.15) is 0 Å². The van der Waals surface area contributed by atoms with Crippen molar-refractivity contribution in [3.8, 4) is 0 Å². The van der Waals surface area contributed by atoms with Crippen LogP contribution in [0, 0.1) is 25.2 Å². The number of aliphatic carboxylic acids is 2. The number of hydrogen-bond donors (Lipinski definition) is 2. The quantitative estimate of drug-likeness (QED) is 0.449. The lowest BCUT2D eigenvalue weighted by atomic mass is 9.70. The summed E-state index contributed by atoms with van der Waals surface area (Å²) in [4.78, 5) is 36.4. The first-order valence-electron chi connectivity index (χ1n) is 14.0. The van der Waals surface area contributed by atoms with E-state index in [0.29, 0.717) is 5.91 Å². The normalized spacial score (nSPS) is 22.2. The maximum absolute atomic E-state index is 13.9. The third-order valence-electron chi connectivity index (χ3n) is 7.94. The lowest BCUT2D eigenvalue weighted by Crippen LogP contribution is -2.52. The molecule has 3 heterocycles. The van der Waals surface area contributed by atoms with Crippen LogP contribution in [0.25, 0.3) is 0 Å². The van der Waals surface area contributed by atoms with Gasteiger partial charge in [-0.2, -0.15) is 31.4 Å². The van der Waals surface area contributed by atoms with Crippen LogP contribution in [0.2, 0.25) is 0 Å². The van der Waals surface area contributed by atoms with Crippen molar-refractivity contribution < 1.29 is 50.9 Å². The van der Waals surface area contributed by atoms with Gasteiger partial charge in [0.15, 0.2) is 0 Å². The van der Waals surface area contributed by atoms with Gasteiger partial charge in [0.25, 0.3) is 0 Å². The number of benzene rings is 1. The average molecular weight is 635 g/mol. The van der Waals surface area contributed by atoms with Crippen LogP contribution >= 0.6 is 0 Å². The minimum Gasteiger partial charge on any atom is -0.475 e. The van der Waals surface area contributed by atoms with E-state index in [1.54, 1.807) is 0 Å². The molecule has 15 heteroatoms. The Kier molecular flexibility index (Phi) is 10.8. The Balaban J connectivity index is 0.000000317. The highest BCUT2D eigenvalue weighted by atomic mass is 19.4. The number of aryl methyl sites for hydroxylation is 3. The van der Waals surface area contributed by atoms with Crippen molar-refractivity contribution in [2.24, 2.45) is 18.4 Å². The molecule has 1 amide bonds. The predicted molar refractivity (Wildman–Crippen MR) is 145 cm³/mol. The molecule has 0 unspecified atom stereocenters. The first-order chi connectivity index (χ1) is 20.3. The molecular formula is C29H36F6N4O5. The van der Waals surface area contributed by atoms with Crippen LogP contribution in [-0.4, -0.2) is 86.2 Å². The first kappa shape index (κ1) is 34.9. The van der Waals surface area contributed by atoms with Crippen molar-refractivity contribution in [3.63, 3.8) is 0 Å². The summed E-state index contributed by atoms with van der Waals surface area (Å²) < 4.78 is 65.5. The molecule has 0 bridgehead atoms. The summed E-state index contributed by atoms with van der Waals surface area (Å²) in [6.45, 7) is 8.93. The number of halogens is 6. The molecule has 1 aliphatic carbocycles. The second-order valence-corrected chi connectivity index (χ2v) is 11.7. The number of carbonyl (C=O) groups is 3. The molecule has 2 aliphatic heterocycles. The maximum atomic E-state index is 13.9. The zero-order valence-electron chi connectivity index (χ0n) is 24.6. The van der Waals surface area contributed by atoms with Gasteiger partial charge in [0.2, 0.25) is 5.91 Å². The average Bonchev–Trinajstić information content (AvgIpc) is 3.50. The zero-order chi connectivity index (χ0) is 33.0. The van der Waals surface area contributed by atoms with Gasteiger partial charge in [-0.1, -0.05) is 29.3 Å². The number of carbonyl (C=O) groups excluding carboxylic acids is 1. The molecule has 1 saturated carbocycles. The van der Waals surface area contributed by atoms with E-state index >= 15 is 0 Å². The van der Waals surface area contributed by atoms with Crippen LogP contribution in [0.4, 0.5) is 26.3 Å². The summed E-state index contributed by atoms with van der Waals surface area (Å²) in [6.07, 6.45) is -3.59. The smallest absolute Gasteiger partial charge is 0.475 e. The number of aromatic nitrogens is 2. The fraction of sp³-hybridized carbons (Fsp3) is 0.586. The summed E-state index contributed by atoms with van der Waals surface area (Å²) in [5, 5.41) is 18.7. The molecule has 44 heavy (non-hydrogen) atoms. The van der Waals surface area contributed by atoms with Gasteiger partial charge < -0.3 is 15.1 Å². The van der Waals surface area contributed by atoms with E-state index < -0.39 is 24.3 Å². The predicted octanol–water partition coefficient (Wildman–Crippen LogP) is 4.92. The highest BCUT2D eigenvalue weighted by Crippen LogP contribution is 2.50. The Bertz CT molecular complexity index is 1300. The van der Waals surface area contributed by atoms with Crippen molar-refractivity contribution in [2.45, 2.75) is 64.3 Å². The van der Waals surface area contributed by atoms with Gasteiger partial charge in [-0.05, 0) is 57.1 Å². The number of carboxylic acids is 2. The molecule has 1 spiro atoms. The maximum Gasteiger partial charge on any atom is 0.490 e. The molecule has 5 rings (SSSR count). The van der Waals surface area contributed by atoms with E-state index in [9.17, 15) is 31.1 Å². The lowest BCUT2D eigenvalue weighted by Gasteiger charge is -2.42. The number of carboxylic acid groups (broad SMARTS) is 2. The number of likely N-dealkylation sites (tertiary alicyclic amines) is 2. The van der Waals surface area contributed by atoms with Crippen LogP contribution in [0.1, 0.15) is 54.0 Å². The highest BCUT2D eigenvalue weighted by molar-refractivity contribution is 5.85. The topological polar surface area (TPSA) is 116 Å². The summed E-state index contributed by atoms with van der Waals surface area (Å²) >= 11 is 0. The Hall–Kier alpha value is -3.62. The molecule has 3 aliphatic rings. The minimum atomic E-state index is -5.08. The third-order valence-corrected chi connectivity index (χ3v) is 7.94. The molecule has 2 N–H and O–H groups in total. The Morgan fingerprint density at radius 1 is 1.00 bits per heavy atom. The zero-order valence-corrected chi connectivity index (χ0v) is 24.6. The molecule has 9 nitrogen and oxygen atoms in total. The second-order valence-electron chi connectivity index (χ2n) is 11.7. The first-order valence-corrected chi connectivity index (χ1v) is 14.0. The summed E-state index contributed by atoms with van der Waals surface area (Å²) in [7, 11) is 2.02. The molecule has 2 aromatic rings. The lowest BCUT2D eigenvalue weighted by molar-refractivity contribution is -0.193. The summed E-state index contributed by atoms with van der Waals surface area (Å²) in [5.74, 6) is -4.16. The van der Waals surface area contributed by atoms with E-state index in [2.05, 4.69) is 53.0 Å². The molecule has 0 radical (unpaired) electrons. The highest BCUT2D eigenvalue weighted by Gasteiger charge is 2.56. The van der Waals surface area contributed by atoms with Gasteiger partial charge >= 0.3 is 24.3 Å². The van der Waals surface area contributed by atoms with Crippen molar-refractivity contribution in [1.82, 2.24) is 19.6 Å². The number of hydrogen-bond acceptors (Lipinski definition) is 5. The van der Waals surface area contributed by atoms with E-state index in [0.717, 1.165) is 51.5 Å². The summed E-state index contributed by atoms with van der Waals surface area (Å²) in [6, 6.07) is 8.94. The SMILES string of the molecule is Cc1cc(C)cc(CN2C[C@@H](c3ccnn3C)[C@@]3(CCCN(CC4CC4)C3=O)C2)c1.O=C(O)C(F)(F)F.O=C(O)C(F)(F)F. The Labute approximate surface area is 250 Å². The molecule has 244 valence electrons. The number of piperidine rings is 1. The van der Waals surface area contributed by atoms with Crippen molar-refractivity contribution in [1.29, 1.82) is 0 Å². The number of amides is 1. The van der Waals surface area contributed by atoms with Gasteiger partial charge in [0, 0.05) is 57.6 Å². The molecule has 1 aromatic heterocycles. The number of nitrogens with zero attached hydrogens (tertiary/aromatic N) is 4. The van der Waals surface area contributed by atoms with E-state index in [1.165, 1.54) is 35.2 Å². The number of alkyl halides is 6. The van der Waals surface area contributed by atoms with Crippen molar-refractivity contribution in [2.75, 3.05) is 26.2 Å². The monoisotopic (exact) mass is 634 g/mol. The van der Waals surface area contributed by atoms with Crippen LogP contribution in [0.3, 0.4) is 0 Å². The van der Waals surface area contributed by atoms with Crippen LogP contribution in [-0.2, 0) is 28.0 Å². The molecule has 1 aromatic carbocycles. The standard InChI is InChI=1S/C25H34N4O.2C2HF3O2/c1-18-11-19(2)13-21(12-18)14-28-16-22(23-7-9-26-27(23)3)25(17-28)8-4-10-29(24(25)30)15-20-5-6-20;2*3-2(4,5)1(6)7/h7,9,11-13,20,22H,4-6,8,10,14-17H2,1-3H3;2*(H,6,7)/t22-,25+;;/m0../s1. The van der Waals surface area contributed by atoms with Gasteiger partial charge in [-0.25, -0.2) is 9.59 Å². The molecular weight excluding hydrogens is 598 g/mol.